The van der Waals surface area contributed by atoms with Crippen LogP contribution < -0.4 is 4.90 Å². The Balaban J connectivity index is 1.21. The molecule has 0 unspecified atom stereocenters. The number of hydrogen-bond acceptors (Lipinski definition) is 1. The van der Waals surface area contributed by atoms with E-state index in [9.17, 15) is 0 Å². The van der Waals surface area contributed by atoms with E-state index in [0.717, 1.165) is 17.1 Å². The summed E-state index contributed by atoms with van der Waals surface area (Å²) in [5, 5.41) is 2.55. The molecule has 0 spiro atoms. The number of rotatable bonds is 5. The van der Waals surface area contributed by atoms with Crippen molar-refractivity contribution in [1.29, 1.82) is 0 Å². The zero-order chi connectivity index (χ0) is 29.7. The number of fused-ring (bicyclic) bond motifs is 6. The molecular weight excluding hydrogens is 544 g/mol. The SMILES string of the molecule is c1ccc(-c2ccc(N(c3ccc(-n4c5ccccc5c5ccccc54)cc3)C3c4ccccc4-c4ccccc43)cc2)cc1. The van der Waals surface area contributed by atoms with E-state index in [0.29, 0.717) is 0 Å². The third-order valence-electron chi connectivity index (χ3n) is 9.28. The van der Waals surface area contributed by atoms with Crippen LogP contribution in [0.15, 0.2) is 176 Å². The minimum Gasteiger partial charge on any atom is -0.330 e. The predicted molar refractivity (Wildman–Crippen MR) is 189 cm³/mol. The fourth-order valence-corrected chi connectivity index (χ4v) is 7.26. The lowest BCUT2D eigenvalue weighted by molar-refractivity contribution is 0.842. The molecule has 7 aromatic carbocycles. The molecule has 0 saturated heterocycles. The van der Waals surface area contributed by atoms with Crippen LogP contribution in [0.5, 0.6) is 0 Å². The van der Waals surface area contributed by atoms with Crippen LogP contribution in [0.2, 0.25) is 0 Å². The van der Waals surface area contributed by atoms with Gasteiger partial charge in [0.25, 0.3) is 0 Å². The molecule has 1 aromatic heterocycles. The molecule has 0 fully saturated rings. The number of hydrogen-bond donors (Lipinski definition) is 0. The zero-order valence-electron chi connectivity index (χ0n) is 24.7. The monoisotopic (exact) mass is 574 g/mol. The number of anilines is 2. The summed E-state index contributed by atoms with van der Waals surface area (Å²) in [5.74, 6) is 0. The van der Waals surface area contributed by atoms with Gasteiger partial charge in [-0.1, -0.05) is 127 Å². The topological polar surface area (TPSA) is 8.17 Å². The Hall–Kier alpha value is -5.86. The van der Waals surface area contributed by atoms with Crippen molar-refractivity contribution in [3.8, 4) is 27.9 Å². The second kappa shape index (κ2) is 10.4. The Morgan fingerprint density at radius 1 is 0.378 bits per heavy atom. The highest BCUT2D eigenvalue weighted by atomic mass is 15.2. The summed E-state index contributed by atoms with van der Waals surface area (Å²) in [6.45, 7) is 0. The largest absolute Gasteiger partial charge is 0.330 e. The third-order valence-corrected chi connectivity index (χ3v) is 9.28. The van der Waals surface area contributed by atoms with Gasteiger partial charge >= 0.3 is 0 Å². The van der Waals surface area contributed by atoms with Crippen molar-refractivity contribution in [2.75, 3.05) is 4.90 Å². The summed E-state index contributed by atoms with van der Waals surface area (Å²) in [5.41, 5.74) is 13.6. The van der Waals surface area contributed by atoms with Crippen LogP contribution in [0.25, 0.3) is 49.7 Å². The fourth-order valence-electron chi connectivity index (χ4n) is 7.26. The van der Waals surface area contributed by atoms with Gasteiger partial charge in [0, 0.05) is 27.8 Å². The molecule has 1 heterocycles. The normalized spacial score (nSPS) is 12.4. The molecule has 8 aromatic rings. The van der Waals surface area contributed by atoms with E-state index < -0.39 is 0 Å². The Morgan fingerprint density at radius 2 is 0.822 bits per heavy atom. The molecule has 2 nitrogen and oxygen atoms in total. The van der Waals surface area contributed by atoms with Gasteiger partial charge in [0.1, 0.15) is 0 Å². The molecule has 9 rings (SSSR count). The van der Waals surface area contributed by atoms with Gasteiger partial charge in [0.15, 0.2) is 0 Å². The highest BCUT2D eigenvalue weighted by molar-refractivity contribution is 6.09. The summed E-state index contributed by atoms with van der Waals surface area (Å²) in [4.78, 5) is 2.51. The maximum Gasteiger partial charge on any atom is 0.0856 e. The summed E-state index contributed by atoms with van der Waals surface area (Å²) >= 11 is 0. The maximum atomic E-state index is 2.51. The van der Waals surface area contributed by atoms with Crippen molar-refractivity contribution in [1.82, 2.24) is 4.57 Å². The molecule has 212 valence electrons. The Kier molecular flexibility index (Phi) is 5.92. The molecule has 0 aliphatic heterocycles. The average Bonchev–Trinajstić information content (AvgIpc) is 3.63. The van der Waals surface area contributed by atoms with Crippen molar-refractivity contribution in [3.63, 3.8) is 0 Å². The second-order valence-electron chi connectivity index (χ2n) is 11.7. The van der Waals surface area contributed by atoms with E-state index >= 15 is 0 Å². The maximum absolute atomic E-state index is 2.51. The summed E-state index contributed by atoms with van der Waals surface area (Å²) in [6.07, 6.45) is 0. The molecule has 0 N–H and O–H groups in total. The highest BCUT2D eigenvalue weighted by Crippen LogP contribution is 2.50. The molecule has 1 aliphatic carbocycles. The van der Waals surface area contributed by atoms with Crippen LogP contribution >= 0.6 is 0 Å². The van der Waals surface area contributed by atoms with Crippen LogP contribution in [0.3, 0.4) is 0 Å². The van der Waals surface area contributed by atoms with Crippen LogP contribution in [0.1, 0.15) is 17.2 Å². The molecule has 45 heavy (non-hydrogen) atoms. The van der Waals surface area contributed by atoms with Crippen molar-refractivity contribution >= 4 is 33.2 Å². The van der Waals surface area contributed by atoms with E-state index in [2.05, 4.69) is 185 Å². The van der Waals surface area contributed by atoms with Gasteiger partial charge in [-0.15, -0.1) is 0 Å². The van der Waals surface area contributed by atoms with Gasteiger partial charge in [-0.2, -0.15) is 0 Å². The van der Waals surface area contributed by atoms with Gasteiger partial charge in [0.2, 0.25) is 0 Å². The van der Waals surface area contributed by atoms with Crippen molar-refractivity contribution in [2.24, 2.45) is 0 Å². The first-order valence-electron chi connectivity index (χ1n) is 15.6. The van der Waals surface area contributed by atoms with E-state index in [1.807, 2.05) is 0 Å². The lowest BCUT2D eigenvalue weighted by atomic mass is 10.00. The lowest BCUT2D eigenvalue weighted by Gasteiger charge is -2.33. The van der Waals surface area contributed by atoms with Crippen molar-refractivity contribution in [2.45, 2.75) is 6.04 Å². The average molecular weight is 575 g/mol. The number of benzene rings is 7. The van der Waals surface area contributed by atoms with E-state index in [-0.39, 0.29) is 6.04 Å². The second-order valence-corrected chi connectivity index (χ2v) is 11.7. The summed E-state index contributed by atoms with van der Waals surface area (Å²) < 4.78 is 2.38. The Bertz CT molecular complexity index is 2210. The van der Waals surface area contributed by atoms with Gasteiger partial charge < -0.3 is 9.47 Å². The first-order valence-corrected chi connectivity index (χ1v) is 15.6. The van der Waals surface area contributed by atoms with E-state index in [1.54, 1.807) is 0 Å². The van der Waals surface area contributed by atoms with Gasteiger partial charge in [0.05, 0.1) is 17.1 Å². The van der Waals surface area contributed by atoms with E-state index in [4.69, 9.17) is 0 Å². The molecular formula is C43H30N2. The van der Waals surface area contributed by atoms with Crippen LogP contribution in [-0.2, 0) is 0 Å². The predicted octanol–water partition coefficient (Wildman–Crippen LogP) is 11.4. The molecule has 0 saturated carbocycles. The smallest absolute Gasteiger partial charge is 0.0856 e. The molecule has 2 heteroatoms. The minimum atomic E-state index is 0.0547. The number of nitrogens with zero attached hydrogens (tertiary/aromatic N) is 2. The highest BCUT2D eigenvalue weighted by Gasteiger charge is 2.34. The summed E-state index contributed by atoms with van der Waals surface area (Å²) in [7, 11) is 0. The molecule has 0 atom stereocenters. The number of aromatic nitrogens is 1. The van der Waals surface area contributed by atoms with Crippen molar-refractivity contribution < 1.29 is 0 Å². The Labute approximate surface area is 263 Å². The fraction of sp³-hybridized carbons (Fsp3) is 0.0233. The third kappa shape index (κ3) is 4.11. The minimum absolute atomic E-state index is 0.0547. The molecule has 0 radical (unpaired) electrons. The molecule has 0 bridgehead atoms. The zero-order valence-corrected chi connectivity index (χ0v) is 24.7. The lowest BCUT2D eigenvalue weighted by Crippen LogP contribution is -2.23. The Morgan fingerprint density at radius 3 is 1.40 bits per heavy atom. The first kappa shape index (κ1) is 25.6. The molecule has 0 amide bonds. The van der Waals surface area contributed by atoms with Gasteiger partial charge in [-0.25, -0.2) is 0 Å². The first-order chi connectivity index (χ1) is 22.3. The van der Waals surface area contributed by atoms with E-state index in [1.165, 1.54) is 55.2 Å². The van der Waals surface area contributed by atoms with Crippen LogP contribution in [0.4, 0.5) is 11.4 Å². The van der Waals surface area contributed by atoms with Crippen molar-refractivity contribution in [3.05, 3.63) is 187 Å². The standard InChI is InChI=1S/C43H30N2/c1-2-12-30(13-3-1)31-22-24-32(25-23-31)44(43-39-18-6-4-14-35(39)36-15-5-7-19-40(36)43)33-26-28-34(29-27-33)45-41-20-10-8-16-37(41)38-17-9-11-21-42(38)45/h1-29,43H. The number of para-hydroxylation sites is 2. The van der Waals surface area contributed by atoms with Gasteiger partial charge in [-0.3, -0.25) is 0 Å². The van der Waals surface area contributed by atoms with Crippen LogP contribution in [0, 0.1) is 0 Å². The molecule has 1 aliphatic rings. The quantitative estimate of drug-likeness (QED) is 0.198. The van der Waals surface area contributed by atoms with Crippen LogP contribution in [-0.4, -0.2) is 4.57 Å². The summed E-state index contributed by atoms with van der Waals surface area (Å²) in [6, 6.07) is 63.9. The van der Waals surface area contributed by atoms with Gasteiger partial charge in [-0.05, 0) is 81.9 Å².